The van der Waals surface area contributed by atoms with E-state index in [1.54, 1.807) is 0 Å². The van der Waals surface area contributed by atoms with Gasteiger partial charge < -0.3 is 15.3 Å². The monoisotopic (exact) mass is 306 g/mol. The molecule has 0 spiro atoms. The minimum absolute atomic E-state index is 0.169. The fourth-order valence-electron chi connectivity index (χ4n) is 3.58. The highest BCUT2D eigenvalue weighted by molar-refractivity contribution is 5.94. The van der Waals surface area contributed by atoms with Crippen LogP contribution in [0.3, 0.4) is 0 Å². The average Bonchev–Trinajstić information content (AvgIpc) is 3.02. The summed E-state index contributed by atoms with van der Waals surface area (Å²) in [4.78, 5) is 25.7. The second-order valence-electron chi connectivity index (χ2n) is 6.42. The summed E-state index contributed by atoms with van der Waals surface area (Å²) in [6, 6.07) is 0.555. The number of aliphatic carboxylic acids is 1. The van der Waals surface area contributed by atoms with Crippen LogP contribution < -0.4 is 5.32 Å². The maximum atomic E-state index is 12.3. The Bertz CT molecular complexity index is 571. The third-order valence-corrected chi connectivity index (χ3v) is 5.05. The molecular weight excluding hydrogens is 284 g/mol. The summed E-state index contributed by atoms with van der Waals surface area (Å²) < 4.78 is 1.30. The smallest absolute Gasteiger partial charge is 0.328 e. The van der Waals surface area contributed by atoms with Gasteiger partial charge in [0.15, 0.2) is 0 Å². The first-order valence-corrected chi connectivity index (χ1v) is 7.75. The van der Waals surface area contributed by atoms with E-state index in [1.807, 2.05) is 0 Å². The number of carboxylic acids is 1. The minimum atomic E-state index is -0.970. The van der Waals surface area contributed by atoms with Gasteiger partial charge in [0.05, 0.1) is 11.8 Å². The molecule has 3 heterocycles. The molecule has 2 aliphatic rings. The lowest BCUT2D eigenvalue weighted by Gasteiger charge is -2.36. The molecule has 2 bridgehead atoms. The Balaban J connectivity index is 1.62. The Kier molecular flexibility index (Phi) is 3.90. The molecule has 0 saturated carbocycles. The predicted molar refractivity (Wildman–Crippen MR) is 79.6 cm³/mol. The molecule has 3 rings (SSSR count). The standard InChI is InChI=1S/C15H22N4O3/c1-9(15(21)22)19-8-10(7-16-19)14(20)17-11-5-12-3-4-13(6-11)18(12)2/h7-9,11-13H,3-6H2,1-2H3,(H,17,20)(H,21,22). The third kappa shape index (κ3) is 2.72. The van der Waals surface area contributed by atoms with Gasteiger partial charge in [-0.25, -0.2) is 4.79 Å². The Morgan fingerprint density at radius 2 is 2.00 bits per heavy atom. The van der Waals surface area contributed by atoms with Crippen molar-refractivity contribution in [1.82, 2.24) is 20.0 Å². The van der Waals surface area contributed by atoms with Gasteiger partial charge in [0, 0.05) is 24.3 Å². The highest BCUT2D eigenvalue weighted by Gasteiger charge is 2.38. The third-order valence-electron chi connectivity index (χ3n) is 5.05. The Hall–Kier alpha value is -1.89. The van der Waals surface area contributed by atoms with Crippen LogP contribution in [0.25, 0.3) is 0 Å². The van der Waals surface area contributed by atoms with Gasteiger partial charge in [-0.05, 0) is 39.7 Å². The fraction of sp³-hybridized carbons (Fsp3) is 0.667. The summed E-state index contributed by atoms with van der Waals surface area (Å²) in [6.07, 6.45) is 7.32. The second-order valence-corrected chi connectivity index (χ2v) is 6.42. The zero-order valence-corrected chi connectivity index (χ0v) is 12.9. The van der Waals surface area contributed by atoms with Crippen LogP contribution in [0.15, 0.2) is 12.4 Å². The van der Waals surface area contributed by atoms with Crippen LogP contribution in [0.5, 0.6) is 0 Å². The fourth-order valence-corrected chi connectivity index (χ4v) is 3.58. The first-order chi connectivity index (χ1) is 10.5. The number of carbonyl (C=O) groups is 2. The van der Waals surface area contributed by atoms with E-state index in [2.05, 4.69) is 22.4 Å². The highest BCUT2D eigenvalue weighted by Crippen LogP contribution is 2.34. The Morgan fingerprint density at radius 1 is 1.36 bits per heavy atom. The largest absolute Gasteiger partial charge is 0.480 e. The molecule has 2 saturated heterocycles. The van der Waals surface area contributed by atoms with Crippen LogP contribution in [0.1, 0.15) is 49.0 Å². The molecule has 120 valence electrons. The van der Waals surface area contributed by atoms with E-state index in [9.17, 15) is 9.59 Å². The van der Waals surface area contributed by atoms with Crippen LogP contribution in [0.4, 0.5) is 0 Å². The lowest BCUT2D eigenvalue weighted by atomic mass is 9.98. The van der Waals surface area contributed by atoms with Gasteiger partial charge in [0.2, 0.25) is 0 Å². The number of piperidine rings is 1. The Morgan fingerprint density at radius 3 is 2.59 bits per heavy atom. The molecule has 3 unspecified atom stereocenters. The predicted octanol–water partition coefficient (Wildman–Crippen LogP) is 0.884. The summed E-state index contributed by atoms with van der Waals surface area (Å²) in [6.45, 7) is 1.53. The number of hydrogen-bond acceptors (Lipinski definition) is 4. The van der Waals surface area contributed by atoms with Gasteiger partial charge in [0.25, 0.3) is 5.91 Å². The Labute approximate surface area is 129 Å². The minimum Gasteiger partial charge on any atom is -0.480 e. The zero-order valence-electron chi connectivity index (χ0n) is 12.9. The molecule has 3 atom stereocenters. The van der Waals surface area contributed by atoms with E-state index in [1.165, 1.54) is 36.8 Å². The summed E-state index contributed by atoms with van der Waals surface area (Å²) in [5, 5.41) is 16.0. The molecule has 2 N–H and O–H groups in total. The molecule has 7 nitrogen and oxygen atoms in total. The van der Waals surface area contributed by atoms with Crippen molar-refractivity contribution in [3.05, 3.63) is 18.0 Å². The molecule has 22 heavy (non-hydrogen) atoms. The maximum absolute atomic E-state index is 12.3. The van der Waals surface area contributed by atoms with Crippen LogP contribution in [0, 0.1) is 0 Å². The lowest BCUT2D eigenvalue weighted by Crippen LogP contribution is -2.48. The molecular formula is C15H22N4O3. The molecule has 2 aliphatic heterocycles. The van der Waals surface area contributed by atoms with E-state index in [-0.39, 0.29) is 11.9 Å². The van der Waals surface area contributed by atoms with Gasteiger partial charge in [-0.1, -0.05) is 0 Å². The van der Waals surface area contributed by atoms with E-state index >= 15 is 0 Å². The topological polar surface area (TPSA) is 87.5 Å². The van der Waals surface area contributed by atoms with Crippen LogP contribution in [-0.4, -0.2) is 56.8 Å². The first-order valence-electron chi connectivity index (χ1n) is 7.75. The van der Waals surface area contributed by atoms with Crippen molar-refractivity contribution in [3.8, 4) is 0 Å². The van der Waals surface area contributed by atoms with E-state index in [0.29, 0.717) is 17.6 Å². The van der Waals surface area contributed by atoms with E-state index < -0.39 is 12.0 Å². The van der Waals surface area contributed by atoms with E-state index in [0.717, 1.165) is 12.8 Å². The summed E-state index contributed by atoms with van der Waals surface area (Å²) in [7, 11) is 2.16. The quantitative estimate of drug-likeness (QED) is 0.862. The van der Waals surface area contributed by atoms with Crippen molar-refractivity contribution in [3.63, 3.8) is 0 Å². The van der Waals surface area contributed by atoms with Crippen molar-refractivity contribution in [2.75, 3.05) is 7.05 Å². The van der Waals surface area contributed by atoms with Gasteiger partial charge >= 0.3 is 5.97 Å². The molecule has 1 aromatic heterocycles. The van der Waals surface area contributed by atoms with Crippen LogP contribution in [-0.2, 0) is 4.79 Å². The summed E-state index contributed by atoms with van der Waals surface area (Å²) in [5.74, 6) is -1.14. The molecule has 0 aliphatic carbocycles. The summed E-state index contributed by atoms with van der Waals surface area (Å²) >= 11 is 0. The number of amides is 1. The molecule has 7 heteroatoms. The number of aromatic nitrogens is 2. The van der Waals surface area contributed by atoms with Gasteiger partial charge in [-0.3, -0.25) is 9.48 Å². The van der Waals surface area contributed by atoms with Gasteiger partial charge in [-0.2, -0.15) is 5.10 Å². The number of carbonyl (C=O) groups excluding carboxylic acids is 1. The number of carboxylic acid groups (broad SMARTS) is 1. The number of hydrogen-bond donors (Lipinski definition) is 2. The van der Waals surface area contributed by atoms with Crippen molar-refractivity contribution in [1.29, 1.82) is 0 Å². The first kappa shape index (κ1) is 15.0. The van der Waals surface area contributed by atoms with Crippen molar-refractivity contribution in [2.24, 2.45) is 0 Å². The number of nitrogens with one attached hydrogen (secondary N) is 1. The number of nitrogens with zero attached hydrogens (tertiary/aromatic N) is 3. The van der Waals surface area contributed by atoms with Crippen LogP contribution >= 0.6 is 0 Å². The number of rotatable bonds is 4. The molecule has 0 aromatic carbocycles. The van der Waals surface area contributed by atoms with Crippen molar-refractivity contribution in [2.45, 2.75) is 56.8 Å². The molecule has 2 fully saturated rings. The lowest BCUT2D eigenvalue weighted by molar-refractivity contribution is -0.140. The zero-order chi connectivity index (χ0) is 15.9. The maximum Gasteiger partial charge on any atom is 0.328 e. The normalized spacial score (nSPS) is 29.3. The van der Waals surface area contributed by atoms with Crippen LogP contribution in [0.2, 0.25) is 0 Å². The van der Waals surface area contributed by atoms with E-state index in [4.69, 9.17) is 5.11 Å². The average molecular weight is 306 g/mol. The van der Waals surface area contributed by atoms with Gasteiger partial charge in [-0.15, -0.1) is 0 Å². The molecule has 0 radical (unpaired) electrons. The molecule has 1 aromatic rings. The van der Waals surface area contributed by atoms with Crippen molar-refractivity contribution >= 4 is 11.9 Å². The highest BCUT2D eigenvalue weighted by atomic mass is 16.4. The SMILES string of the molecule is CC(C(=O)O)n1cc(C(=O)NC2CC3CCC(C2)N3C)cn1. The van der Waals surface area contributed by atoms with Gasteiger partial charge in [0.1, 0.15) is 6.04 Å². The molecule has 1 amide bonds. The van der Waals surface area contributed by atoms with Crippen molar-refractivity contribution < 1.29 is 14.7 Å². The second kappa shape index (κ2) is 5.72. The number of fused-ring (bicyclic) bond motifs is 2. The summed E-state index contributed by atoms with van der Waals surface area (Å²) in [5.41, 5.74) is 0.416.